The molecular weight excluding hydrogens is 272 g/mol. The largest absolute Gasteiger partial charge is 0.395 e. The molecule has 0 amide bonds. The maximum Gasteiger partial charge on any atom is 0.225 e. The molecule has 2 aromatic rings. The van der Waals surface area contributed by atoms with Crippen molar-refractivity contribution in [3.8, 4) is 0 Å². The fourth-order valence-corrected chi connectivity index (χ4v) is 3.23. The average molecular weight is 294 g/mol. The van der Waals surface area contributed by atoms with Crippen LogP contribution < -0.4 is 10.2 Å². The maximum absolute atomic E-state index is 9.39. The lowest BCUT2D eigenvalue weighted by Gasteiger charge is -2.31. The molecule has 0 spiro atoms. The summed E-state index contributed by atoms with van der Waals surface area (Å²) in [6.45, 7) is 5.06. The average Bonchev–Trinajstić information content (AvgIpc) is 2.94. The molecule has 2 rings (SSSR count). The van der Waals surface area contributed by atoms with Gasteiger partial charge in [-0.1, -0.05) is 13.8 Å². The van der Waals surface area contributed by atoms with Gasteiger partial charge in [0.1, 0.15) is 10.6 Å². The van der Waals surface area contributed by atoms with Crippen LogP contribution in [0, 0.1) is 0 Å². The first kappa shape index (κ1) is 15.0. The van der Waals surface area contributed by atoms with Crippen molar-refractivity contribution < 1.29 is 5.11 Å². The van der Waals surface area contributed by atoms with Crippen molar-refractivity contribution in [1.82, 2.24) is 9.97 Å². The summed E-state index contributed by atoms with van der Waals surface area (Å²) in [4.78, 5) is 12.3. The first-order chi connectivity index (χ1) is 9.74. The van der Waals surface area contributed by atoms with Gasteiger partial charge in [0.15, 0.2) is 0 Å². The van der Waals surface area contributed by atoms with Crippen molar-refractivity contribution in [1.29, 1.82) is 0 Å². The molecule has 0 aliphatic rings. The van der Waals surface area contributed by atoms with Crippen molar-refractivity contribution in [3.63, 3.8) is 0 Å². The van der Waals surface area contributed by atoms with Crippen LogP contribution in [0.1, 0.15) is 26.7 Å². The number of aliphatic hydroxyl groups is 1. The van der Waals surface area contributed by atoms with E-state index in [9.17, 15) is 5.11 Å². The highest BCUT2D eigenvalue weighted by Crippen LogP contribution is 2.31. The molecule has 0 aromatic carbocycles. The van der Waals surface area contributed by atoms with Gasteiger partial charge >= 0.3 is 0 Å². The number of fused-ring (bicyclic) bond motifs is 1. The van der Waals surface area contributed by atoms with Gasteiger partial charge in [0.25, 0.3) is 0 Å². The molecule has 2 aromatic heterocycles. The lowest BCUT2D eigenvalue weighted by molar-refractivity contribution is 0.295. The van der Waals surface area contributed by atoms with Gasteiger partial charge < -0.3 is 15.3 Å². The number of anilines is 2. The zero-order valence-corrected chi connectivity index (χ0v) is 13.1. The standard InChI is InChI=1S/C14H22N4OS/c1-4-10(5-2)18(7-8-19)12-11-6-9-20-13(11)17-14(15-3)16-12/h6,9-10,19H,4-5,7-8H2,1-3H3,(H,15,16,17). The van der Waals surface area contributed by atoms with Crippen molar-refractivity contribution in [3.05, 3.63) is 11.4 Å². The fourth-order valence-electron chi connectivity index (χ4n) is 2.47. The summed E-state index contributed by atoms with van der Waals surface area (Å²) in [5.41, 5.74) is 0. The number of rotatable bonds is 7. The third-order valence-corrected chi connectivity index (χ3v) is 4.33. The Bertz CT molecular complexity index is 553. The van der Waals surface area contributed by atoms with Crippen LogP contribution in [0.3, 0.4) is 0 Å². The minimum Gasteiger partial charge on any atom is -0.395 e. The summed E-state index contributed by atoms with van der Waals surface area (Å²) in [6, 6.07) is 2.44. The second-order valence-electron chi connectivity index (χ2n) is 4.65. The minimum absolute atomic E-state index is 0.126. The van der Waals surface area contributed by atoms with Gasteiger partial charge in [-0.15, -0.1) is 11.3 Å². The van der Waals surface area contributed by atoms with Crippen LogP contribution >= 0.6 is 11.3 Å². The maximum atomic E-state index is 9.39. The molecule has 2 N–H and O–H groups in total. The third-order valence-electron chi connectivity index (χ3n) is 3.52. The fraction of sp³-hybridized carbons (Fsp3) is 0.571. The monoisotopic (exact) mass is 294 g/mol. The summed E-state index contributed by atoms with van der Waals surface area (Å²) in [5.74, 6) is 1.55. The molecular formula is C14H22N4OS. The van der Waals surface area contributed by atoms with E-state index in [0.29, 0.717) is 18.5 Å². The molecule has 110 valence electrons. The van der Waals surface area contributed by atoms with E-state index in [2.05, 4.69) is 40.1 Å². The van der Waals surface area contributed by atoms with Crippen LogP contribution in [-0.2, 0) is 0 Å². The van der Waals surface area contributed by atoms with Crippen molar-refractivity contribution >= 4 is 33.3 Å². The molecule has 0 aliphatic carbocycles. The van der Waals surface area contributed by atoms with Gasteiger partial charge in [0.05, 0.1) is 12.0 Å². The molecule has 6 heteroatoms. The second kappa shape index (κ2) is 6.85. The molecule has 0 saturated carbocycles. The first-order valence-corrected chi connectivity index (χ1v) is 7.93. The second-order valence-corrected chi connectivity index (χ2v) is 5.54. The van der Waals surface area contributed by atoms with E-state index < -0.39 is 0 Å². The number of hydrogen-bond donors (Lipinski definition) is 2. The Hall–Kier alpha value is -1.40. The Labute approximate surface area is 123 Å². The van der Waals surface area contributed by atoms with E-state index in [1.165, 1.54) is 0 Å². The molecule has 0 aliphatic heterocycles. The smallest absolute Gasteiger partial charge is 0.225 e. The van der Waals surface area contributed by atoms with Crippen molar-refractivity contribution in [2.24, 2.45) is 0 Å². The van der Waals surface area contributed by atoms with Crippen LogP contribution in [0.2, 0.25) is 0 Å². The SMILES string of the molecule is CCC(CC)N(CCO)c1nc(NC)nc2sccc12. The number of aromatic nitrogens is 2. The van der Waals surface area contributed by atoms with Crippen molar-refractivity contribution in [2.45, 2.75) is 32.7 Å². The van der Waals surface area contributed by atoms with E-state index in [1.54, 1.807) is 11.3 Å². The third kappa shape index (κ3) is 2.86. The van der Waals surface area contributed by atoms with Gasteiger partial charge in [0, 0.05) is 19.6 Å². The van der Waals surface area contributed by atoms with E-state index in [4.69, 9.17) is 0 Å². The zero-order chi connectivity index (χ0) is 14.5. The van der Waals surface area contributed by atoms with Crippen LogP contribution in [0.25, 0.3) is 10.2 Å². The Morgan fingerprint density at radius 3 is 2.70 bits per heavy atom. The van der Waals surface area contributed by atoms with Crippen LogP contribution in [0.15, 0.2) is 11.4 Å². The zero-order valence-electron chi connectivity index (χ0n) is 12.3. The Balaban J connectivity index is 2.53. The molecule has 0 radical (unpaired) electrons. The molecule has 20 heavy (non-hydrogen) atoms. The van der Waals surface area contributed by atoms with Gasteiger partial charge in [-0.3, -0.25) is 0 Å². The topological polar surface area (TPSA) is 61.3 Å². The predicted molar refractivity (Wildman–Crippen MR) is 85.8 cm³/mol. The molecule has 0 saturated heterocycles. The minimum atomic E-state index is 0.126. The quantitative estimate of drug-likeness (QED) is 0.822. The molecule has 2 heterocycles. The number of nitrogens with zero attached hydrogens (tertiary/aromatic N) is 3. The normalized spacial score (nSPS) is 11.2. The number of hydrogen-bond acceptors (Lipinski definition) is 6. The first-order valence-electron chi connectivity index (χ1n) is 7.05. The van der Waals surface area contributed by atoms with Gasteiger partial charge in [0.2, 0.25) is 5.95 Å². The van der Waals surface area contributed by atoms with E-state index in [-0.39, 0.29) is 6.61 Å². The highest BCUT2D eigenvalue weighted by molar-refractivity contribution is 7.16. The lowest BCUT2D eigenvalue weighted by atomic mass is 10.1. The lowest BCUT2D eigenvalue weighted by Crippen LogP contribution is -2.37. The molecule has 5 nitrogen and oxygen atoms in total. The summed E-state index contributed by atoms with van der Waals surface area (Å²) in [7, 11) is 1.83. The van der Waals surface area contributed by atoms with Gasteiger partial charge in [-0.25, -0.2) is 4.98 Å². The highest BCUT2D eigenvalue weighted by Gasteiger charge is 2.20. The molecule has 0 atom stereocenters. The molecule has 0 bridgehead atoms. The van der Waals surface area contributed by atoms with Gasteiger partial charge in [-0.05, 0) is 24.3 Å². The summed E-state index contributed by atoms with van der Waals surface area (Å²) in [5, 5.41) is 15.5. The van der Waals surface area contributed by atoms with Crippen LogP contribution in [0.4, 0.5) is 11.8 Å². The number of nitrogens with one attached hydrogen (secondary N) is 1. The molecule has 0 unspecified atom stereocenters. The number of aliphatic hydroxyl groups excluding tert-OH is 1. The Kier molecular flexibility index (Phi) is 5.14. The summed E-state index contributed by atoms with van der Waals surface area (Å²) in [6.07, 6.45) is 2.06. The Morgan fingerprint density at radius 1 is 1.35 bits per heavy atom. The number of thiophene rings is 1. The summed E-state index contributed by atoms with van der Waals surface area (Å²) < 4.78 is 0. The highest BCUT2D eigenvalue weighted by atomic mass is 32.1. The molecule has 0 fully saturated rings. The van der Waals surface area contributed by atoms with E-state index in [1.807, 2.05) is 12.4 Å². The van der Waals surface area contributed by atoms with Crippen LogP contribution in [-0.4, -0.2) is 41.3 Å². The van der Waals surface area contributed by atoms with Crippen molar-refractivity contribution in [2.75, 3.05) is 30.4 Å². The van der Waals surface area contributed by atoms with E-state index in [0.717, 1.165) is 28.9 Å². The van der Waals surface area contributed by atoms with Crippen LogP contribution in [0.5, 0.6) is 0 Å². The summed E-state index contributed by atoms with van der Waals surface area (Å²) >= 11 is 1.61. The van der Waals surface area contributed by atoms with E-state index >= 15 is 0 Å². The predicted octanol–water partition coefficient (Wildman–Crippen LogP) is 2.72. The van der Waals surface area contributed by atoms with Gasteiger partial charge in [-0.2, -0.15) is 4.98 Å². The Morgan fingerprint density at radius 2 is 2.10 bits per heavy atom.